The van der Waals surface area contributed by atoms with Crippen molar-refractivity contribution in [2.45, 2.75) is 37.6 Å². The van der Waals surface area contributed by atoms with E-state index in [0.29, 0.717) is 0 Å². The first-order valence-electron chi connectivity index (χ1n) is 10.7. The predicted molar refractivity (Wildman–Crippen MR) is 118 cm³/mol. The Bertz CT molecular complexity index is 1370. The van der Waals surface area contributed by atoms with Crippen molar-refractivity contribution in [1.29, 1.82) is 0 Å². The fourth-order valence-corrected chi connectivity index (χ4v) is 3.97. The molecule has 1 unspecified atom stereocenters. The largest absolute Gasteiger partial charge is 0.504 e. The number of hydrogen-bond acceptors (Lipinski definition) is 13. The molecule has 0 amide bonds. The molecule has 2 aliphatic rings. The number of rotatable bonds is 5. The minimum atomic E-state index is -1.61. The number of methoxy groups -OCH3 is 1. The molecule has 0 saturated carbocycles. The molecule has 0 aliphatic carbocycles. The van der Waals surface area contributed by atoms with E-state index in [1.807, 2.05) is 0 Å². The van der Waals surface area contributed by atoms with Crippen molar-refractivity contribution < 1.29 is 58.7 Å². The van der Waals surface area contributed by atoms with E-state index in [1.54, 1.807) is 0 Å². The average molecular weight is 506 g/mol. The van der Waals surface area contributed by atoms with E-state index in [4.69, 9.17) is 33.1 Å². The topological polar surface area (TPSA) is 187 Å². The number of ether oxygens (including phenoxy) is 4. The Hall–Kier alpha value is -3.75. The molecule has 1 saturated heterocycles. The van der Waals surface area contributed by atoms with Crippen LogP contribution in [0.5, 0.6) is 34.5 Å². The van der Waals surface area contributed by atoms with Crippen molar-refractivity contribution in [3.8, 4) is 45.8 Å². The molecule has 0 bridgehead atoms. The number of fused-ring (bicyclic) bond motifs is 2. The predicted octanol–water partition coefficient (Wildman–Crippen LogP) is 0.746. The zero-order chi connectivity index (χ0) is 25.7. The maximum Gasteiger partial charge on any atom is 0.239 e. The highest BCUT2D eigenvalue weighted by Crippen LogP contribution is 2.46. The van der Waals surface area contributed by atoms with Crippen molar-refractivity contribution in [2.75, 3.05) is 13.9 Å². The Balaban J connectivity index is 1.45. The number of aliphatic hydroxyl groups excluding tert-OH is 3. The van der Waals surface area contributed by atoms with Gasteiger partial charge in [0.2, 0.25) is 35.8 Å². The maximum atomic E-state index is 13.1. The van der Waals surface area contributed by atoms with Crippen molar-refractivity contribution in [3.63, 3.8) is 0 Å². The van der Waals surface area contributed by atoms with Crippen LogP contribution in [0.15, 0.2) is 33.5 Å². The number of aliphatic hydroxyl groups is 3. The number of hydrogen-bond donors (Lipinski definition) is 5. The van der Waals surface area contributed by atoms with Crippen molar-refractivity contribution in [2.24, 2.45) is 0 Å². The number of phenolic OH excluding ortho intramolecular Hbond substituents is 2. The lowest BCUT2D eigenvalue weighted by Crippen LogP contribution is -2.57. The van der Waals surface area contributed by atoms with Crippen LogP contribution in [0, 0.1) is 0 Å². The molecule has 0 spiro atoms. The van der Waals surface area contributed by atoms with E-state index >= 15 is 0 Å². The van der Waals surface area contributed by atoms with E-state index in [-0.39, 0.29) is 52.1 Å². The standard InChI is InChI=1S/C23H22O13/c1-8-15(25)18(28)19(29)23(33-8)36-35-11-4-3-9(5-10(11)24)20-22(30-2)17(27)14-12(34-20)6-13-21(16(14)26)32-7-31-13/h3-6,8,15,18-19,23-26,28-29H,7H2,1-2H3/t8-,15-,18+,19-,23?/m1/s1. The Morgan fingerprint density at radius 3 is 2.53 bits per heavy atom. The summed E-state index contributed by atoms with van der Waals surface area (Å²) in [4.78, 5) is 23.2. The van der Waals surface area contributed by atoms with E-state index in [0.717, 1.165) is 0 Å². The van der Waals surface area contributed by atoms with Gasteiger partial charge in [-0.3, -0.25) is 4.79 Å². The molecule has 2 aliphatic heterocycles. The first-order valence-corrected chi connectivity index (χ1v) is 10.7. The molecular formula is C23H22O13. The van der Waals surface area contributed by atoms with E-state index in [2.05, 4.69) is 0 Å². The highest BCUT2D eigenvalue weighted by Gasteiger charge is 2.43. The molecule has 3 aromatic rings. The van der Waals surface area contributed by atoms with Crippen LogP contribution in [0.1, 0.15) is 6.92 Å². The molecule has 1 aromatic heterocycles. The van der Waals surface area contributed by atoms with Gasteiger partial charge < -0.3 is 53.8 Å². The van der Waals surface area contributed by atoms with E-state index in [1.165, 1.54) is 38.3 Å². The molecule has 5 rings (SSSR count). The van der Waals surface area contributed by atoms with Gasteiger partial charge in [0.25, 0.3) is 0 Å². The minimum Gasteiger partial charge on any atom is -0.504 e. The van der Waals surface area contributed by atoms with Crippen LogP contribution in [0.25, 0.3) is 22.3 Å². The first kappa shape index (κ1) is 24.0. The summed E-state index contributed by atoms with van der Waals surface area (Å²) in [5.74, 6) is -1.14. The summed E-state index contributed by atoms with van der Waals surface area (Å²) in [6, 6.07) is 5.32. The molecule has 13 nitrogen and oxygen atoms in total. The van der Waals surface area contributed by atoms with Gasteiger partial charge in [-0.05, 0) is 25.1 Å². The summed E-state index contributed by atoms with van der Waals surface area (Å²) in [6.07, 6.45) is -6.76. The molecule has 0 radical (unpaired) electrons. The van der Waals surface area contributed by atoms with Gasteiger partial charge in [-0.25, -0.2) is 0 Å². The third-order valence-electron chi connectivity index (χ3n) is 5.92. The summed E-state index contributed by atoms with van der Waals surface area (Å²) in [5, 5.41) is 50.5. The van der Waals surface area contributed by atoms with Crippen molar-refractivity contribution >= 4 is 11.0 Å². The highest BCUT2D eigenvalue weighted by atomic mass is 17.2. The van der Waals surface area contributed by atoms with E-state index in [9.17, 15) is 30.3 Å². The van der Waals surface area contributed by atoms with Crippen LogP contribution in [0.3, 0.4) is 0 Å². The fraction of sp³-hybridized carbons (Fsp3) is 0.348. The van der Waals surface area contributed by atoms with Gasteiger partial charge in [0.1, 0.15) is 29.3 Å². The lowest BCUT2D eigenvalue weighted by Gasteiger charge is -2.37. The second kappa shape index (κ2) is 9.04. The second-order valence-corrected chi connectivity index (χ2v) is 8.17. The normalized spacial score (nSPS) is 25.2. The zero-order valence-corrected chi connectivity index (χ0v) is 18.9. The quantitative estimate of drug-likeness (QED) is 0.241. The van der Waals surface area contributed by atoms with Gasteiger partial charge in [-0.15, -0.1) is 0 Å². The van der Waals surface area contributed by atoms with Crippen LogP contribution < -0.4 is 24.5 Å². The summed E-state index contributed by atoms with van der Waals surface area (Å²) in [5.41, 5.74) is -0.459. The van der Waals surface area contributed by atoms with Crippen LogP contribution >= 0.6 is 0 Å². The Labute approximate surface area is 202 Å². The highest BCUT2D eigenvalue weighted by molar-refractivity contribution is 5.91. The molecular weight excluding hydrogens is 484 g/mol. The maximum absolute atomic E-state index is 13.1. The molecule has 192 valence electrons. The molecule has 5 N–H and O–H groups in total. The Morgan fingerprint density at radius 2 is 1.81 bits per heavy atom. The minimum absolute atomic E-state index is 0.000926. The lowest BCUT2D eigenvalue weighted by atomic mass is 10.0. The Morgan fingerprint density at radius 1 is 1.03 bits per heavy atom. The molecule has 5 atom stereocenters. The molecule has 1 fully saturated rings. The smallest absolute Gasteiger partial charge is 0.239 e. The number of phenols is 2. The third-order valence-corrected chi connectivity index (χ3v) is 5.92. The van der Waals surface area contributed by atoms with Gasteiger partial charge in [0, 0.05) is 11.6 Å². The van der Waals surface area contributed by atoms with E-state index < -0.39 is 47.6 Å². The first-order chi connectivity index (χ1) is 17.2. The molecule has 3 heterocycles. The van der Waals surface area contributed by atoms with Gasteiger partial charge in [-0.2, -0.15) is 4.89 Å². The zero-order valence-electron chi connectivity index (χ0n) is 18.9. The third kappa shape index (κ3) is 3.83. The lowest BCUT2D eigenvalue weighted by molar-refractivity contribution is -0.383. The SMILES string of the molecule is COc1c(-c2ccc(OOC3O[C@H](C)[C@@H](O)[C@H](O)[C@H]3O)c(O)c2)oc2cc3c(c(O)c2c1=O)OCO3. The number of benzene rings is 2. The molecule has 13 heteroatoms. The van der Waals surface area contributed by atoms with Crippen molar-refractivity contribution in [3.05, 3.63) is 34.5 Å². The molecule has 36 heavy (non-hydrogen) atoms. The van der Waals surface area contributed by atoms with Gasteiger partial charge in [-0.1, -0.05) is 0 Å². The second-order valence-electron chi connectivity index (χ2n) is 8.17. The average Bonchev–Trinajstić information content (AvgIpc) is 3.33. The van der Waals surface area contributed by atoms with Crippen LogP contribution in [-0.4, -0.2) is 70.1 Å². The van der Waals surface area contributed by atoms with Gasteiger partial charge >= 0.3 is 0 Å². The summed E-state index contributed by atoms with van der Waals surface area (Å²) in [6.45, 7) is 1.34. The summed E-state index contributed by atoms with van der Waals surface area (Å²) in [7, 11) is 1.25. The Kier molecular flexibility index (Phi) is 6.02. The summed E-state index contributed by atoms with van der Waals surface area (Å²) < 4.78 is 26.8. The monoisotopic (exact) mass is 506 g/mol. The van der Waals surface area contributed by atoms with Gasteiger partial charge in [0.05, 0.1) is 13.2 Å². The van der Waals surface area contributed by atoms with Gasteiger partial charge in [0.15, 0.2) is 23.0 Å². The van der Waals surface area contributed by atoms with Crippen LogP contribution in [-0.2, 0) is 9.62 Å². The number of aromatic hydroxyl groups is 2. The fourth-order valence-electron chi connectivity index (χ4n) is 3.97. The summed E-state index contributed by atoms with van der Waals surface area (Å²) >= 11 is 0. The molecule has 2 aromatic carbocycles. The van der Waals surface area contributed by atoms with Crippen LogP contribution in [0.4, 0.5) is 0 Å². The van der Waals surface area contributed by atoms with Crippen LogP contribution in [0.2, 0.25) is 0 Å². The van der Waals surface area contributed by atoms with Crippen molar-refractivity contribution in [1.82, 2.24) is 0 Å².